The van der Waals surface area contributed by atoms with Crippen LogP contribution < -0.4 is 10.6 Å². The third kappa shape index (κ3) is 3.17. The molecule has 2 rings (SSSR count). The summed E-state index contributed by atoms with van der Waals surface area (Å²) < 4.78 is 14.3. The van der Waals surface area contributed by atoms with Gasteiger partial charge in [0.2, 0.25) is 0 Å². The number of amidine groups is 1. The molecule has 20 heavy (non-hydrogen) atoms. The second kappa shape index (κ2) is 6.05. The third-order valence-corrected chi connectivity index (χ3v) is 3.96. The zero-order valence-corrected chi connectivity index (χ0v) is 12.4. The number of nitrogens with two attached hydrogens (primary N) is 1. The molecule has 106 valence electrons. The van der Waals surface area contributed by atoms with Gasteiger partial charge in [0.25, 0.3) is 0 Å². The highest BCUT2D eigenvalue weighted by atomic mass is 32.1. The lowest BCUT2D eigenvalue weighted by Crippen LogP contribution is -2.30. The number of nitrogen functional groups attached to an aromatic ring is 1. The Morgan fingerprint density at radius 3 is 2.65 bits per heavy atom. The maximum Gasteiger partial charge on any atom is 0.147 e. The first-order chi connectivity index (χ1) is 9.49. The minimum absolute atomic E-state index is 0.121. The van der Waals surface area contributed by atoms with Gasteiger partial charge in [-0.05, 0) is 43.5 Å². The summed E-state index contributed by atoms with van der Waals surface area (Å²) in [6.45, 7) is 4.74. The van der Waals surface area contributed by atoms with Gasteiger partial charge in [-0.2, -0.15) is 0 Å². The molecule has 0 aliphatic carbocycles. The maximum atomic E-state index is 14.3. The third-order valence-electron chi connectivity index (χ3n) is 3.10. The first kappa shape index (κ1) is 14.5. The fraction of sp³-hybridized carbons (Fsp3) is 0.267. The Bertz CT molecular complexity index is 593. The summed E-state index contributed by atoms with van der Waals surface area (Å²) >= 11 is 1.66. The molecule has 5 heteroatoms. The summed E-state index contributed by atoms with van der Waals surface area (Å²) in [5.74, 6) is -0.465. The minimum Gasteiger partial charge on any atom is -0.384 e. The number of nitrogens with one attached hydrogen (secondary N) is 1. The van der Waals surface area contributed by atoms with Crippen LogP contribution in [0.2, 0.25) is 0 Å². The predicted octanol–water partition coefficient (Wildman–Crippen LogP) is 3.59. The first-order valence-electron chi connectivity index (χ1n) is 6.42. The molecule has 2 aromatic rings. The molecule has 0 spiro atoms. The summed E-state index contributed by atoms with van der Waals surface area (Å²) in [7, 11) is 0. The standard InChI is InChI=1S/C15H18FN3S/c1-10(2)19(9-12-4-3-7-20-12)14-6-5-11(15(17)18)8-13(14)16/h3-8,10H,9H2,1-2H3,(H3,17,18). The number of anilines is 1. The number of thiophene rings is 1. The maximum absolute atomic E-state index is 14.3. The van der Waals surface area contributed by atoms with E-state index >= 15 is 0 Å². The van der Waals surface area contributed by atoms with Gasteiger partial charge in [0, 0.05) is 16.5 Å². The lowest BCUT2D eigenvalue weighted by atomic mass is 10.1. The van der Waals surface area contributed by atoms with Crippen molar-refractivity contribution in [3.8, 4) is 0 Å². The molecular formula is C15H18FN3S. The van der Waals surface area contributed by atoms with Crippen molar-refractivity contribution in [2.24, 2.45) is 5.73 Å². The van der Waals surface area contributed by atoms with Gasteiger partial charge in [0.05, 0.1) is 12.2 Å². The number of nitrogens with zero attached hydrogens (tertiary/aromatic N) is 1. The van der Waals surface area contributed by atoms with Crippen molar-refractivity contribution in [3.63, 3.8) is 0 Å². The van der Waals surface area contributed by atoms with E-state index in [2.05, 4.69) is 0 Å². The van der Waals surface area contributed by atoms with Crippen LogP contribution in [0.1, 0.15) is 24.3 Å². The van der Waals surface area contributed by atoms with Crippen molar-refractivity contribution < 1.29 is 4.39 Å². The zero-order valence-electron chi connectivity index (χ0n) is 11.6. The molecule has 1 aromatic heterocycles. The Labute approximate surface area is 122 Å². The highest BCUT2D eigenvalue weighted by Crippen LogP contribution is 2.25. The fourth-order valence-electron chi connectivity index (χ4n) is 2.02. The number of benzene rings is 1. The molecule has 1 heterocycles. The molecule has 0 fully saturated rings. The summed E-state index contributed by atoms with van der Waals surface area (Å²) in [5, 5.41) is 9.37. The molecule has 0 saturated heterocycles. The van der Waals surface area contributed by atoms with Gasteiger partial charge in [-0.15, -0.1) is 11.3 Å². The molecule has 0 unspecified atom stereocenters. The van der Waals surface area contributed by atoms with Crippen LogP contribution in [0.3, 0.4) is 0 Å². The van der Waals surface area contributed by atoms with Gasteiger partial charge in [0.15, 0.2) is 0 Å². The SMILES string of the molecule is CC(C)N(Cc1cccs1)c1ccc(C(=N)N)cc1F. The van der Waals surface area contributed by atoms with E-state index in [-0.39, 0.29) is 17.7 Å². The van der Waals surface area contributed by atoms with Gasteiger partial charge in [-0.25, -0.2) is 4.39 Å². The van der Waals surface area contributed by atoms with Crippen LogP contribution in [0.25, 0.3) is 0 Å². The van der Waals surface area contributed by atoms with Gasteiger partial charge < -0.3 is 10.6 Å². The molecule has 0 radical (unpaired) electrons. The average molecular weight is 291 g/mol. The largest absolute Gasteiger partial charge is 0.384 e. The van der Waals surface area contributed by atoms with Gasteiger partial charge in [0.1, 0.15) is 11.7 Å². The monoisotopic (exact) mass is 291 g/mol. The van der Waals surface area contributed by atoms with Crippen molar-refractivity contribution in [1.82, 2.24) is 0 Å². The molecule has 0 atom stereocenters. The Balaban J connectivity index is 2.32. The molecule has 3 nitrogen and oxygen atoms in total. The van der Waals surface area contributed by atoms with Crippen molar-refractivity contribution in [3.05, 3.63) is 52.0 Å². The molecule has 0 aliphatic heterocycles. The highest BCUT2D eigenvalue weighted by Gasteiger charge is 2.16. The summed E-state index contributed by atoms with van der Waals surface area (Å²) in [6.07, 6.45) is 0. The van der Waals surface area contributed by atoms with Crippen LogP contribution in [0.5, 0.6) is 0 Å². The highest BCUT2D eigenvalue weighted by molar-refractivity contribution is 7.09. The van der Waals surface area contributed by atoms with Crippen molar-refractivity contribution >= 4 is 22.9 Å². The molecule has 3 N–H and O–H groups in total. The second-order valence-corrected chi connectivity index (χ2v) is 5.91. The predicted molar refractivity (Wildman–Crippen MR) is 83.1 cm³/mol. The smallest absolute Gasteiger partial charge is 0.147 e. The van der Waals surface area contributed by atoms with Crippen LogP contribution in [0.15, 0.2) is 35.7 Å². The first-order valence-corrected chi connectivity index (χ1v) is 7.30. The molecule has 0 aliphatic rings. The van der Waals surface area contributed by atoms with E-state index in [0.29, 0.717) is 17.8 Å². The number of rotatable bonds is 5. The number of hydrogen-bond donors (Lipinski definition) is 2. The minimum atomic E-state index is -0.344. The molecule has 0 amide bonds. The molecule has 0 bridgehead atoms. The van der Waals surface area contributed by atoms with E-state index in [1.165, 1.54) is 10.9 Å². The molecular weight excluding hydrogens is 273 g/mol. The van der Waals surface area contributed by atoms with Crippen molar-refractivity contribution in [2.75, 3.05) is 4.90 Å². The average Bonchev–Trinajstić information content (AvgIpc) is 2.89. The van der Waals surface area contributed by atoms with Gasteiger partial charge >= 0.3 is 0 Å². The second-order valence-electron chi connectivity index (χ2n) is 4.88. The van der Waals surface area contributed by atoms with E-state index in [9.17, 15) is 4.39 Å². The molecule has 1 aromatic carbocycles. The normalized spacial score (nSPS) is 10.8. The Kier molecular flexibility index (Phi) is 4.39. The van der Waals surface area contributed by atoms with E-state index < -0.39 is 0 Å². The van der Waals surface area contributed by atoms with Crippen LogP contribution in [-0.4, -0.2) is 11.9 Å². The van der Waals surface area contributed by atoms with Crippen molar-refractivity contribution in [2.45, 2.75) is 26.4 Å². The zero-order chi connectivity index (χ0) is 14.7. The van der Waals surface area contributed by atoms with E-state index in [1.54, 1.807) is 23.5 Å². The van der Waals surface area contributed by atoms with Gasteiger partial charge in [-0.1, -0.05) is 6.07 Å². The van der Waals surface area contributed by atoms with E-state index in [4.69, 9.17) is 11.1 Å². The van der Waals surface area contributed by atoms with E-state index in [0.717, 1.165) is 0 Å². The topological polar surface area (TPSA) is 53.1 Å². The van der Waals surface area contributed by atoms with Crippen LogP contribution in [0, 0.1) is 11.2 Å². The Morgan fingerprint density at radius 2 is 2.15 bits per heavy atom. The Hall–Kier alpha value is -1.88. The number of halogens is 1. The fourth-order valence-corrected chi connectivity index (χ4v) is 2.73. The lowest BCUT2D eigenvalue weighted by molar-refractivity contribution is 0.599. The summed E-state index contributed by atoms with van der Waals surface area (Å²) in [5.41, 5.74) is 6.33. The van der Waals surface area contributed by atoms with E-state index in [1.807, 2.05) is 36.3 Å². The summed E-state index contributed by atoms with van der Waals surface area (Å²) in [6, 6.07) is 8.91. The number of hydrogen-bond acceptors (Lipinski definition) is 3. The van der Waals surface area contributed by atoms with Gasteiger partial charge in [-0.3, -0.25) is 5.41 Å². The quantitative estimate of drug-likeness (QED) is 0.653. The Morgan fingerprint density at radius 1 is 1.40 bits per heavy atom. The molecule has 0 saturated carbocycles. The van der Waals surface area contributed by atoms with Crippen LogP contribution >= 0.6 is 11.3 Å². The summed E-state index contributed by atoms with van der Waals surface area (Å²) in [4.78, 5) is 3.19. The van der Waals surface area contributed by atoms with Crippen LogP contribution in [0.4, 0.5) is 10.1 Å². The van der Waals surface area contributed by atoms with Crippen molar-refractivity contribution in [1.29, 1.82) is 5.41 Å². The lowest BCUT2D eigenvalue weighted by Gasteiger charge is -2.29. The van der Waals surface area contributed by atoms with Crippen LogP contribution in [-0.2, 0) is 6.54 Å².